The monoisotopic (exact) mass is 324 g/mol. The van der Waals surface area contributed by atoms with E-state index in [0.29, 0.717) is 23.1 Å². The lowest BCUT2D eigenvalue weighted by Gasteiger charge is -2.19. The van der Waals surface area contributed by atoms with E-state index in [2.05, 4.69) is 5.43 Å². The highest BCUT2D eigenvalue weighted by atomic mass is 35.5. The molecule has 0 heterocycles. The minimum Gasteiger partial charge on any atom is -0.494 e. The van der Waals surface area contributed by atoms with Gasteiger partial charge in [-0.05, 0) is 48.7 Å². The van der Waals surface area contributed by atoms with Crippen molar-refractivity contribution in [2.75, 3.05) is 6.61 Å². The zero-order valence-electron chi connectivity index (χ0n) is 11.8. The predicted molar refractivity (Wildman–Crippen MR) is 87.8 cm³/mol. The van der Waals surface area contributed by atoms with E-state index in [9.17, 15) is 0 Å². The molecule has 2 aromatic rings. The Bertz CT molecular complexity index is 584. The van der Waals surface area contributed by atoms with Crippen LogP contribution >= 0.6 is 23.2 Å². The molecule has 0 aliphatic rings. The normalized spacial score (nSPS) is 12.2. The number of halogens is 2. The smallest absolute Gasteiger partial charge is 0.119 e. The summed E-state index contributed by atoms with van der Waals surface area (Å²) in [4.78, 5) is 0. The number of nitrogens with two attached hydrogens (primary N) is 1. The summed E-state index contributed by atoms with van der Waals surface area (Å²) < 4.78 is 5.52. The fourth-order valence-corrected chi connectivity index (χ4v) is 2.74. The number of benzene rings is 2. The third kappa shape index (κ3) is 4.11. The third-order valence-corrected chi connectivity index (χ3v) is 3.95. The van der Waals surface area contributed by atoms with Gasteiger partial charge in [0.25, 0.3) is 0 Å². The van der Waals surface area contributed by atoms with E-state index < -0.39 is 0 Å². The van der Waals surface area contributed by atoms with Crippen LogP contribution in [0.5, 0.6) is 5.75 Å². The Morgan fingerprint density at radius 1 is 1.14 bits per heavy atom. The van der Waals surface area contributed by atoms with Crippen molar-refractivity contribution in [1.29, 1.82) is 0 Å². The molecule has 0 radical (unpaired) electrons. The minimum absolute atomic E-state index is 0.0946. The zero-order chi connectivity index (χ0) is 15.2. The number of hydrogen-bond donors (Lipinski definition) is 2. The molecule has 112 valence electrons. The van der Waals surface area contributed by atoms with E-state index in [4.69, 9.17) is 33.8 Å². The molecule has 1 atom stereocenters. The first kappa shape index (κ1) is 16.1. The number of hydrogen-bond acceptors (Lipinski definition) is 3. The van der Waals surface area contributed by atoms with Gasteiger partial charge in [0.05, 0.1) is 12.6 Å². The Kier molecular flexibility index (Phi) is 5.88. The molecule has 0 saturated carbocycles. The standard InChI is InChI=1S/C16H18Cl2N2O/c1-2-21-12-6-3-5-11(9-12)16(20-19)10-13-14(17)7-4-8-15(13)18/h3-9,16,20H,2,10,19H2,1H3. The van der Waals surface area contributed by atoms with Gasteiger partial charge in [0, 0.05) is 10.0 Å². The van der Waals surface area contributed by atoms with E-state index in [0.717, 1.165) is 16.9 Å². The molecular formula is C16H18Cl2N2O. The van der Waals surface area contributed by atoms with Crippen LogP contribution in [-0.4, -0.2) is 6.61 Å². The fraction of sp³-hybridized carbons (Fsp3) is 0.250. The van der Waals surface area contributed by atoms with Gasteiger partial charge in [0.15, 0.2) is 0 Å². The second-order valence-corrected chi connectivity index (χ2v) is 5.44. The fourth-order valence-electron chi connectivity index (χ4n) is 2.19. The van der Waals surface area contributed by atoms with Crippen LogP contribution in [0.2, 0.25) is 10.0 Å². The second kappa shape index (κ2) is 7.66. The Hall–Kier alpha value is -1.26. The average Bonchev–Trinajstić information content (AvgIpc) is 2.48. The van der Waals surface area contributed by atoms with Gasteiger partial charge in [0.2, 0.25) is 0 Å². The summed E-state index contributed by atoms with van der Waals surface area (Å²) in [6.45, 7) is 2.58. The summed E-state index contributed by atoms with van der Waals surface area (Å²) in [6, 6.07) is 13.2. The molecule has 2 aromatic carbocycles. The van der Waals surface area contributed by atoms with E-state index in [1.54, 1.807) is 0 Å². The average molecular weight is 325 g/mol. The van der Waals surface area contributed by atoms with Crippen LogP contribution < -0.4 is 16.0 Å². The largest absolute Gasteiger partial charge is 0.494 e. The molecule has 2 rings (SSSR count). The first-order valence-corrected chi connectivity index (χ1v) is 7.53. The lowest BCUT2D eigenvalue weighted by molar-refractivity contribution is 0.339. The summed E-state index contributed by atoms with van der Waals surface area (Å²) in [5.41, 5.74) is 4.73. The molecule has 0 bridgehead atoms. The molecule has 0 fully saturated rings. The van der Waals surface area contributed by atoms with Gasteiger partial charge < -0.3 is 4.74 Å². The quantitative estimate of drug-likeness (QED) is 0.620. The van der Waals surface area contributed by atoms with Gasteiger partial charge in [0.1, 0.15) is 5.75 Å². The Labute approximate surface area is 135 Å². The highest BCUT2D eigenvalue weighted by Crippen LogP contribution is 2.30. The topological polar surface area (TPSA) is 47.3 Å². The zero-order valence-corrected chi connectivity index (χ0v) is 13.3. The van der Waals surface area contributed by atoms with E-state index in [1.165, 1.54) is 0 Å². The SMILES string of the molecule is CCOc1cccc(C(Cc2c(Cl)cccc2Cl)NN)c1. The maximum absolute atomic E-state index is 6.22. The van der Waals surface area contributed by atoms with Crippen LogP contribution in [-0.2, 0) is 6.42 Å². The van der Waals surface area contributed by atoms with Gasteiger partial charge in [-0.15, -0.1) is 0 Å². The van der Waals surface area contributed by atoms with Crippen molar-refractivity contribution in [3.05, 3.63) is 63.6 Å². The van der Waals surface area contributed by atoms with Crippen molar-refractivity contribution in [3.8, 4) is 5.75 Å². The Morgan fingerprint density at radius 3 is 2.43 bits per heavy atom. The van der Waals surface area contributed by atoms with Crippen molar-refractivity contribution >= 4 is 23.2 Å². The molecule has 21 heavy (non-hydrogen) atoms. The highest BCUT2D eigenvalue weighted by Gasteiger charge is 2.15. The number of ether oxygens (including phenoxy) is 1. The Morgan fingerprint density at radius 2 is 1.81 bits per heavy atom. The number of hydrazine groups is 1. The molecule has 3 N–H and O–H groups in total. The summed E-state index contributed by atoms with van der Waals surface area (Å²) in [5, 5.41) is 1.28. The molecule has 0 saturated heterocycles. The van der Waals surface area contributed by atoms with E-state index >= 15 is 0 Å². The van der Waals surface area contributed by atoms with Crippen LogP contribution in [0, 0.1) is 0 Å². The van der Waals surface area contributed by atoms with Gasteiger partial charge in [-0.1, -0.05) is 41.4 Å². The summed E-state index contributed by atoms with van der Waals surface area (Å²) in [5.74, 6) is 6.52. The molecule has 0 aliphatic carbocycles. The van der Waals surface area contributed by atoms with Crippen LogP contribution in [0.15, 0.2) is 42.5 Å². The van der Waals surface area contributed by atoms with Gasteiger partial charge in [-0.3, -0.25) is 11.3 Å². The third-order valence-electron chi connectivity index (χ3n) is 3.24. The van der Waals surface area contributed by atoms with Crippen LogP contribution in [0.1, 0.15) is 24.1 Å². The van der Waals surface area contributed by atoms with Crippen molar-refractivity contribution < 1.29 is 4.74 Å². The lowest BCUT2D eigenvalue weighted by atomic mass is 9.99. The molecule has 0 amide bonds. The molecule has 0 aliphatic heterocycles. The van der Waals surface area contributed by atoms with Crippen LogP contribution in [0.3, 0.4) is 0 Å². The van der Waals surface area contributed by atoms with Crippen molar-refractivity contribution in [3.63, 3.8) is 0 Å². The first-order valence-electron chi connectivity index (χ1n) is 6.77. The van der Waals surface area contributed by atoms with Crippen molar-refractivity contribution in [2.45, 2.75) is 19.4 Å². The Balaban J connectivity index is 2.26. The molecule has 0 aromatic heterocycles. The maximum Gasteiger partial charge on any atom is 0.119 e. The van der Waals surface area contributed by atoms with Crippen molar-refractivity contribution in [2.24, 2.45) is 5.84 Å². The van der Waals surface area contributed by atoms with E-state index in [1.807, 2.05) is 49.4 Å². The minimum atomic E-state index is -0.0946. The molecule has 3 nitrogen and oxygen atoms in total. The number of nitrogens with one attached hydrogen (secondary N) is 1. The second-order valence-electron chi connectivity index (χ2n) is 4.63. The first-order chi connectivity index (χ1) is 10.2. The summed E-state index contributed by atoms with van der Waals surface area (Å²) >= 11 is 12.4. The van der Waals surface area contributed by atoms with Gasteiger partial charge >= 0.3 is 0 Å². The van der Waals surface area contributed by atoms with Crippen molar-refractivity contribution in [1.82, 2.24) is 5.43 Å². The lowest BCUT2D eigenvalue weighted by Crippen LogP contribution is -2.29. The summed E-state index contributed by atoms with van der Waals surface area (Å²) in [7, 11) is 0. The number of rotatable bonds is 6. The van der Waals surface area contributed by atoms with E-state index in [-0.39, 0.29) is 6.04 Å². The van der Waals surface area contributed by atoms with Crippen LogP contribution in [0.4, 0.5) is 0 Å². The van der Waals surface area contributed by atoms with Gasteiger partial charge in [-0.2, -0.15) is 0 Å². The highest BCUT2D eigenvalue weighted by molar-refractivity contribution is 6.36. The molecule has 5 heteroatoms. The summed E-state index contributed by atoms with van der Waals surface area (Å²) in [6.07, 6.45) is 0.602. The maximum atomic E-state index is 6.22. The van der Waals surface area contributed by atoms with Crippen LogP contribution in [0.25, 0.3) is 0 Å². The molecular weight excluding hydrogens is 307 g/mol. The predicted octanol–water partition coefficient (Wildman–Crippen LogP) is 4.14. The molecule has 1 unspecified atom stereocenters. The molecule has 0 spiro atoms. The van der Waals surface area contributed by atoms with Gasteiger partial charge in [-0.25, -0.2) is 0 Å².